The minimum Gasteiger partial charge on any atom is -0.854 e. The molecule has 0 bridgehead atoms. The monoisotopic (exact) mass is 458 g/mol. The van der Waals surface area contributed by atoms with Crippen molar-refractivity contribution in [3.8, 4) is 5.88 Å². The van der Waals surface area contributed by atoms with Crippen LogP contribution in [0.25, 0.3) is 5.65 Å². The van der Waals surface area contributed by atoms with Crippen LogP contribution in [0.1, 0.15) is 50.7 Å². The van der Waals surface area contributed by atoms with Crippen molar-refractivity contribution < 1.29 is 24.2 Å². The highest BCUT2D eigenvalue weighted by atomic mass is 19.1. The van der Waals surface area contributed by atoms with E-state index in [9.17, 15) is 14.7 Å². The van der Waals surface area contributed by atoms with Gasteiger partial charge in [0.05, 0.1) is 18.2 Å². The van der Waals surface area contributed by atoms with Crippen LogP contribution in [0.3, 0.4) is 0 Å². The number of piperidine rings is 1. The van der Waals surface area contributed by atoms with Crippen molar-refractivity contribution >= 4 is 17.3 Å². The largest absolute Gasteiger partial charge is 0.854 e. The number of halogens is 1. The number of pyridine rings is 1. The van der Waals surface area contributed by atoms with E-state index in [0.29, 0.717) is 48.9 Å². The van der Waals surface area contributed by atoms with Crippen LogP contribution in [-0.4, -0.2) is 45.6 Å². The normalized spacial score (nSPS) is 16.4. The zero-order valence-electron chi connectivity index (χ0n) is 19.1. The first-order valence-corrected chi connectivity index (χ1v) is 11.6. The third-order valence-corrected chi connectivity index (χ3v) is 6.07. The molecule has 178 valence electrons. The Hall–Kier alpha value is -3.14. The number of hydrogen-bond acceptors (Lipinski definition) is 7. The molecule has 0 radical (unpaired) electrons. The van der Waals surface area contributed by atoms with Crippen molar-refractivity contribution in [1.82, 2.24) is 14.6 Å². The molecule has 0 aromatic carbocycles. The minimum atomic E-state index is -0.533. The summed E-state index contributed by atoms with van der Waals surface area (Å²) in [6.45, 7) is 5.23. The third-order valence-electron chi connectivity index (χ3n) is 6.07. The predicted octanol–water partition coefficient (Wildman–Crippen LogP) is 2.08. The van der Waals surface area contributed by atoms with Crippen LogP contribution in [0.15, 0.2) is 24.4 Å². The van der Waals surface area contributed by atoms with Gasteiger partial charge in [-0.15, -0.1) is 11.7 Å². The molecule has 3 aromatic rings. The van der Waals surface area contributed by atoms with Gasteiger partial charge >= 0.3 is 5.88 Å². The quantitative estimate of drug-likeness (QED) is 0.374. The summed E-state index contributed by atoms with van der Waals surface area (Å²) in [6, 6.07) is 5.54. The molecule has 1 atom stereocenters. The number of rotatable bonds is 9. The number of hydrogen-bond donors (Lipinski definition) is 2. The molecule has 10 heteroatoms. The summed E-state index contributed by atoms with van der Waals surface area (Å²) < 4.78 is 22.4. The van der Waals surface area contributed by atoms with Crippen LogP contribution in [0.4, 0.5) is 16.0 Å². The lowest BCUT2D eigenvalue weighted by molar-refractivity contribution is -0.906. The summed E-state index contributed by atoms with van der Waals surface area (Å²) in [5.74, 6) is 1.14. The van der Waals surface area contributed by atoms with E-state index in [2.05, 4.69) is 15.3 Å². The van der Waals surface area contributed by atoms with Gasteiger partial charge in [-0.1, -0.05) is 6.92 Å². The Kier molecular flexibility index (Phi) is 7.12. The lowest BCUT2D eigenvalue weighted by Crippen LogP contribution is -2.41. The van der Waals surface area contributed by atoms with E-state index < -0.39 is 5.95 Å². The first kappa shape index (κ1) is 23.0. The molecule has 0 unspecified atom stereocenters. The molecule has 9 nitrogen and oxygen atoms in total. The average molecular weight is 459 g/mol. The molecule has 4 rings (SSSR count). The smallest absolute Gasteiger partial charge is 0.416 e. The second-order valence-electron chi connectivity index (χ2n) is 8.20. The topological polar surface area (TPSA) is 102 Å². The molecule has 3 aromatic heterocycles. The fourth-order valence-electron chi connectivity index (χ4n) is 4.42. The molecule has 0 amide bonds. The van der Waals surface area contributed by atoms with E-state index in [1.165, 1.54) is 4.52 Å². The first-order chi connectivity index (χ1) is 16.0. The Bertz CT molecular complexity index is 1100. The average Bonchev–Trinajstić information content (AvgIpc) is 3.14. The van der Waals surface area contributed by atoms with Gasteiger partial charge in [0, 0.05) is 35.5 Å². The summed E-state index contributed by atoms with van der Waals surface area (Å²) in [5, 5.41) is 28.9. The van der Waals surface area contributed by atoms with Crippen LogP contribution in [0.5, 0.6) is 5.88 Å². The van der Waals surface area contributed by atoms with Crippen molar-refractivity contribution in [1.29, 1.82) is 0 Å². The number of fused-ring (bicyclic) bond motifs is 1. The second kappa shape index (κ2) is 10.2. The number of aryl methyl sites for hydroxylation is 1. The SMILES string of the molecule is CCOc1ccc(CNc2cc(N3CCCC[C@H]3CC[O-])nc3c(CC)c(F)nn23)c[n+]1O. The molecule has 2 N–H and O–H groups in total. The summed E-state index contributed by atoms with van der Waals surface area (Å²) >= 11 is 0. The maximum atomic E-state index is 14.6. The molecular formula is C23H31FN6O3. The third kappa shape index (κ3) is 4.80. The number of nitrogens with zero attached hydrogens (tertiary/aromatic N) is 5. The van der Waals surface area contributed by atoms with Gasteiger partial charge in [0.2, 0.25) is 12.1 Å². The summed E-state index contributed by atoms with van der Waals surface area (Å²) in [4.78, 5) is 6.94. The molecule has 0 spiro atoms. The zero-order chi connectivity index (χ0) is 23.4. The Morgan fingerprint density at radius 2 is 2.18 bits per heavy atom. The van der Waals surface area contributed by atoms with Crippen LogP contribution in [0.2, 0.25) is 0 Å². The van der Waals surface area contributed by atoms with Gasteiger partial charge in [-0.3, -0.25) is 5.21 Å². The van der Waals surface area contributed by atoms with Crippen LogP contribution in [-0.2, 0) is 13.0 Å². The molecule has 1 aliphatic heterocycles. The highest BCUT2D eigenvalue weighted by Gasteiger charge is 2.25. The molecule has 4 heterocycles. The number of ether oxygens (including phenoxy) is 1. The number of aromatic nitrogens is 4. The van der Waals surface area contributed by atoms with E-state index in [0.717, 1.165) is 41.9 Å². The van der Waals surface area contributed by atoms with Crippen LogP contribution in [0, 0.1) is 5.95 Å². The first-order valence-electron chi connectivity index (χ1n) is 11.6. The van der Waals surface area contributed by atoms with E-state index in [-0.39, 0.29) is 12.6 Å². The second-order valence-corrected chi connectivity index (χ2v) is 8.20. The van der Waals surface area contributed by atoms with Crippen molar-refractivity contribution in [3.05, 3.63) is 41.5 Å². The molecule has 1 aliphatic rings. The highest BCUT2D eigenvalue weighted by Crippen LogP contribution is 2.29. The summed E-state index contributed by atoms with van der Waals surface area (Å²) in [5.41, 5.74) is 1.75. The van der Waals surface area contributed by atoms with Gasteiger partial charge in [-0.05, 0) is 45.1 Å². The van der Waals surface area contributed by atoms with Crippen molar-refractivity contribution in [2.45, 2.75) is 58.5 Å². The van der Waals surface area contributed by atoms with E-state index >= 15 is 0 Å². The summed E-state index contributed by atoms with van der Waals surface area (Å²) in [7, 11) is 0. The predicted molar refractivity (Wildman–Crippen MR) is 119 cm³/mol. The lowest BCUT2D eigenvalue weighted by atomic mass is 9.99. The molecule has 1 fully saturated rings. The molecular weight excluding hydrogens is 427 g/mol. The van der Waals surface area contributed by atoms with E-state index in [4.69, 9.17) is 9.72 Å². The molecule has 1 saturated heterocycles. The summed E-state index contributed by atoms with van der Waals surface area (Å²) in [6.07, 6.45) is 5.67. The Balaban J connectivity index is 1.68. The number of anilines is 2. The standard InChI is InChI=1S/C23H31FN6O3/c1-3-18-22(24)27-30-19(25-14-16-8-9-21(33-4-2)29(32)15-16)13-20(26-23(18)30)28-11-6-5-7-17(28)10-12-31/h8-9,13,15,17,25,32H,3-7,10-12,14H2,1-2H3/t17-/m0/s1. The van der Waals surface area contributed by atoms with Gasteiger partial charge in [0.25, 0.3) is 0 Å². The minimum absolute atomic E-state index is 0.130. The van der Waals surface area contributed by atoms with Gasteiger partial charge in [-0.25, -0.2) is 4.98 Å². The maximum absolute atomic E-state index is 14.6. The van der Waals surface area contributed by atoms with Gasteiger partial charge in [0.15, 0.2) is 5.65 Å². The molecule has 0 aliphatic carbocycles. The molecule has 0 saturated carbocycles. The van der Waals surface area contributed by atoms with Gasteiger partial charge in [-0.2, -0.15) is 8.91 Å². The molecule has 33 heavy (non-hydrogen) atoms. The van der Waals surface area contributed by atoms with Crippen LogP contribution < -0.4 is 24.8 Å². The highest BCUT2D eigenvalue weighted by molar-refractivity contribution is 5.61. The lowest BCUT2D eigenvalue weighted by Gasteiger charge is -2.37. The fourth-order valence-corrected chi connectivity index (χ4v) is 4.42. The van der Waals surface area contributed by atoms with Gasteiger partial charge in [0.1, 0.15) is 11.6 Å². The van der Waals surface area contributed by atoms with E-state index in [1.807, 2.05) is 26.0 Å². The Morgan fingerprint density at radius 3 is 2.91 bits per heavy atom. The van der Waals surface area contributed by atoms with Crippen molar-refractivity contribution in [2.75, 3.05) is 30.0 Å². The van der Waals surface area contributed by atoms with E-state index in [1.54, 1.807) is 12.3 Å². The maximum Gasteiger partial charge on any atom is 0.416 e. The Labute approximate surface area is 192 Å². The zero-order valence-corrected chi connectivity index (χ0v) is 19.1. The van der Waals surface area contributed by atoms with Crippen LogP contribution >= 0.6 is 0 Å². The number of nitrogens with one attached hydrogen (secondary N) is 1. The van der Waals surface area contributed by atoms with Crippen molar-refractivity contribution in [2.24, 2.45) is 0 Å². The van der Waals surface area contributed by atoms with Gasteiger partial charge < -0.3 is 20.1 Å². The fraction of sp³-hybridized carbons (Fsp3) is 0.522. The Morgan fingerprint density at radius 1 is 1.33 bits per heavy atom. The van der Waals surface area contributed by atoms with Crippen molar-refractivity contribution in [3.63, 3.8) is 0 Å².